The Balaban J connectivity index is 2.96. The van der Waals surface area contributed by atoms with Gasteiger partial charge in [-0.25, -0.2) is 4.79 Å². The van der Waals surface area contributed by atoms with E-state index in [0.29, 0.717) is 11.0 Å². The zero-order chi connectivity index (χ0) is 11.8. The van der Waals surface area contributed by atoms with E-state index in [1.807, 2.05) is 0 Å². The summed E-state index contributed by atoms with van der Waals surface area (Å²) in [5.74, 6) is -2.16. The van der Waals surface area contributed by atoms with Crippen LogP contribution in [0.5, 0.6) is 0 Å². The first kappa shape index (κ1) is 11.5. The smallest absolute Gasteiger partial charge is 0.414 e. The van der Waals surface area contributed by atoms with E-state index in [2.05, 4.69) is 0 Å². The number of carboxylic acids is 1. The van der Waals surface area contributed by atoms with Crippen LogP contribution >= 0.6 is 0 Å². The summed E-state index contributed by atoms with van der Waals surface area (Å²) in [7, 11) is 0. The van der Waals surface area contributed by atoms with E-state index in [4.69, 9.17) is 5.11 Å². The molecule has 4 nitrogen and oxygen atoms in total. The highest BCUT2D eigenvalue weighted by molar-refractivity contribution is 5.85. The monoisotopic (exact) mass is 223 g/mol. The van der Waals surface area contributed by atoms with Crippen molar-refractivity contribution in [3.63, 3.8) is 0 Å². The van der Waals surface area contributed by atoms with Crippen LogP contribution in [-0.2, 0) is 9.59 Å². The molecule has 84 valence electrons. The van der Waals surface area contributed by atoms with Crippen molar-refractivity contribution < 1.29 is 27.9 Å². The summed E-state index contributed by atoms with van der Waals surface area (Å²) in [6, 6.07) is -1.51. The second kappa shape index (κ2) is 3.56. The minimum atomic E-state index is -4.59. The highest BCUT2D eigenvalue weighted by atomic mass is 19.4. The van der Waals surface area contributed by atoms with E-state index < -0.39 is 36.2 Å². The van der Waals surface area contributed by atoms with Crippen molar-refractivity contribution in [3.05, 3.63) is 11.6 Å². The second-order valence-corrected chi connectivity index (χ2v) is 3.12. The van der Waals surface area contributed by atoms with Crippen LogP contribution in [0.25, 0.3) is 0 Å². The molecule has 7 heteroatoms. The van der Waals surface area contributed by atoms with Crippen molar-refractivity contribution in [2.45, 2.75) is 19.1 Å². The normalized spacial score (nSPS) is 21.5. The van der Waals surface area contributed by atoms with Crippen LogP contribution in [0.15, 0.2) is 11.6 Å². The number of aliphatic carboxylic acids is 1. The van der Waals surface area contributed by atoms with Gasteiger partial charge in [0.25, 0.3) is 0 Å². The Morgan fingerprint density at radius 2 is 2.07 bits per heavy atom. The molecule has 0 fully saturated rings. The number of carbonyl (C=O) groups is 2. The standard InChI is InChI=1S/C8H8F3NO3/c1-4(13)12-3-5(8(9,10)11)2-6(12)7(14)15/h2,6H,3H2,1H3,(H,14,15)/t6-/m0/s1. The van der Waals surface area contributed by atoms with Gasteiger partial charge in [-0.1, -0.05) is 0 Å². The molecule has 0 aliphatic carbocycles. The summed E-state index contributed by atoms with van der Waals surface area (Å²) in [5.41, 5.74) is -0.995. The number of rotatable bonds is 1. The molecular weight excluding hydrogens is 215 g/mol. The Bertz CT molecular complexity index is 335. The molecule has 0 bridgehead atoms. The summed E-state index contributed by atoms with van der Waals surface area (Å²) >= 11 is 0. The largest absolute Gasteiger partial charge is 0.479 e. The molecule has 1 aliphatic rings. The average molecular weight is 223 g/mol. The van der Waals surface area contributed by atoms with Crippen LogP contribution in [0, 0.1) is 0 Å². The molecule has 0 saturated carbocycles. The number of hydrogen-bond acceptors (Lipinski definition) is 2. The summed E-state index contributed by atoms with van der Waals surface area (Å²) in [5, 5.41) is 8.61. The molecule has 1 atom stereocenters. The van der Waals surface area contributed by atoms with Crippen molar-refractivity contribution in [2.24, 2.45) is 0 Å². The number of carboxylic acid groups (broad SMARTS) is 1. The van der Waals surface area contributed by atoms with Crippen LogP contribution in [0.3, 0.4) is 0 Å². The maximum absolute atomic E-state index is 12.2. The van der Waals surface area contributed by atoms with Gasteiger partial charge < -0.3 is 10.0 Å². The van der Waals surface area contributed by atoms with Gasteiger partial charge >= 0.3 is 12.1 Å². The van der Waals surface area contributed by atoms with E-state index in [1.54, 1.807) is 0 Å². The summed E-state index contributed by atoms with van der Waals surface area (Å²) in [6.07, 6.45) is -4.03. The topological polar surface area (TPSA) is 57.6 Å². The van der Waals surface area contributed by atoms with Gasteiger partial charge in [-0.3, -0.25) is 4.79 Å². The Hall–Kier alpha value is -1.53. The zero-order valence-corrected chi connectivity index (χ0v) is 7.71. The Labute approximate surface area is 83.0 Å². The van der Waals surface area contributed by atoms with Gasteiger partial charge in [0.05, 0.1) is 12.1 Å². The number of halogens is 3. The van der Waals surface area contributed by atoms with Crippen LogP contribution in [-0.4, -0.2) is 40.6 Å². The van der Waals surface area contributed by atoms with Gasteiger partial charge in [0.15, 0.2) is 0 Å². The van der Waals surface area contributed by atoms with Crippen LogP contribution < -0.4 is 0 Å². The predicted molar refractivity (Wildman–Crippen MR) is 42.9 cm³/mol. The quantitative estimate of drug-likeness (QED) is 0.668. The molecule has 1 N–H and O–H groups in total. The van der Waals surface area contributed by atoms with E-state index in [0.717, 1.165) is 6.92 Å². The van der Waals surface area contributed by atoms with Gasteiger partial charge in [0, 0.05) is 6.92 Å². The molecule has 0 saturated heterocycles. The fourth-order valence-corrected chi connectivity index (χ4v) is 1.31. The van der Waals surface area contributed by atoms with Crippen LogP contribution in [0.1, 0.15) is 6.92 Å². The van der Waals surface area contributed by atoms with Gasteiger partial charge in [-0.2, -0.15) is 13.2 Å². The lowest BCUT2D eigenvalue weighted by Crippen LogP contribution is -2.40. The highest BCUT2D eigenvalue weighted by Gasteiger charge is 2.43. The molecule has 15 heavy (non-hydrogen) atoms. The summed E-state index contributed by atoms with van der Waals surface area (Å²) < 4.78 is 36.7. The first-order valence-corrected chi connectivity index (χ1v) is 4.01. The van der Waals surface area contributed by atoms with E-state index >= 15 is 0 Å². The van der Waals surface area contributed by atoms with Crippen molar-refractivity contribution in [1.82, 2.24) is 4.90 Å². The molecule has 0 unspecified atom stereocenters. The number of hydrogen-bond donors (Lipinski definition) is 1. The van der Waals surface area contributed by atoms with E-state index in [9.17, 15) is 22.8 Å². The van der Waals surface area contributed by atoms with Gasteiger partial charge in [0.1, 0.15) is 6.04 Å². The van der Waals surface area contributed by atoms with Crippen molar-refractivity contribution in [1.29, 1.82) is 0 Å². The lowest BCUT2D eigenvalue weighted by molar-refractivity contribution is -0.146. The Morgan fingerprint density at radius 1 is 1.53 bits per heavy atom. The maximum Gasteiger partial charge on any atom is 0.414 e. The third-order valence-electron chi connectivity index (χ3n) is 2.06. The summed E-state index contributed by atoms with van der Waals surface area (Å²) in [4.78, 5) is 22.1. The van der Waals surface area contributed by atoms with Crippen molar-refractivity contribution in [2.75, 3.05) is 6.54 Å². The molecule has 0 aromatic carbocycles. The molecule has 0 aromatic heterocycles. The number of amides is 1. The van der Waals surface area contributed by atoms with Crippen molar-refractivity contribution >= 4 is 11.9 Å². The van der Waals surface area contributed by atoms with Gasteiger partial charge in [-0.15, -0.1) is 0 Å². The zero-order valence-electron chi connectivity index (χ0n) is 7.71. The lowest BCUT2D eigenvalue weighted by atomic mass is 10.2. The van der Waals surface area contributed by atoms with Gasteiger partial charge in [0.2, 0.25) is 5.91 Å². The Morgan fingerprint density at radius 3 is 2.33 bits per heavy atom. The lowest BCUT2D eigenvalue weighted by Gasteiger charge is -2.19. The van der Waals surface area contributed by atoms with E-state index in [-0.39, 0.29) is 0 Å². The van der Waals surface area contributed by atoms with Crippen LogP contribution in [0.2, 0.25) is 0 Å². The Kier molecular flexibility index (Phi) is 2.74. The summed E-state index contributed by atoms with van der Waals surface area (Å²) in [6.45, 7) is 0.332. The minimum Gasteiger partial charge on any atom is -0.479 e. The number of alkyl halides is 3. The minimum absolute atomic E-state index is 0.559. The maximum atomic E-state index is 12.2. The van der Waals surface area contributed by atoms with Crippen LogP contribution in [0.4, 0.5) is 13.2 Å². The first-order chi connectivity index (χ1) is 6.73. The molecule has 0 aromatic rings. The average Bonchev–Trinajstić information content (AvgIpc) is 2.45. The molecule has 1 amide bonds. The fourth-order valence-electron chi connectivity index (χ4n) is 1.31. The molecule has 0 spiro atoms. The van der Waals surface area contributed by atoms with E-state index in [1.165, 1.54) is 0 Å². The second-order valence-electron chi connectivity index (χ2n) is 3.12. The third-order valence-corrected chi connectivity index (χ3v) is 2.06. The number of carbonyl (C=O) groups excluding carboxylic acids is 1. The molecule has 0 radical (unpaired) electrons. The SMILES string of the molecule is CC(=O)N1CC(C(F)(F)F)=C[C@H]1C(=O)O. The highest BCUT2D eigenvalue weighted by Crippen LogP contribution is 2.31. The molecular formula is C8H8F3NO3. The molecule has 1 rings (SSSR count). The molecule has 1 heterocycles. The number of nitrogens with zero attached hydrogens (tertiary/aromatic N) is 1. The predicted octanol–water partition coefficient (Wildman–Crippen LogP) is 0.790. The van der Waals surface area contributed by atoms with Gasteiger partial charge in [-0.05, 0) is 6.08 Å². The van der Waals surface area contributed by atoms with Crippen molar-refractivity contribution in [3.8, 4) is 0 Å². The molecule has 1 aliphatic heterocycles. The third kappa shape index (κ3) is 2.28. The fraction of sp³-hybridized carbons (Fsp3) is 0.500. The first-order valence-electron chi connectivity index (χ1n) is 4.01.